The van der Waals surface area contributed by atoms with Gasteiger partial charge in [0.15, 0.2) is 0 Å². The molecule has 4 nitrogen and oxygen atoms in total. The van der Waals surface area contributed by atoms with Crippen molar-refractivity contribution in [2.24, 2.45) is 0 Å². The van der Waals surface area contributed by atoms with E-state index in [1.807, 2.05) is 36.4 Å². The molecule has 4 rings (SSSR count). The van der Waals surface area contributed by atoms with E-state index in [2.05, 4.69) is 10.6 Å². The molecule has 2 amide bonds. The highest BCUT2D eigenvalue weighted by molar-refractivity contribution is 5.96. The van der Waals surface area contributed by atoms with Crippen molar-refractivity contribution in [3.63, 3.8) is 0 Å². The van der Waals surface area contributed by atoms with Gasteiger partial charge in [-0.05, 0) is 30.3 Å². The van der Waals surface area contributed by atoms with Gasteiger partial charge in [0.25, 0.3) is 5.92 Å². The SMILES string of the molecule is CCC(F)(F)CNC(=O)Nc1ccc2nc(-c3ccccc3)c(-c3ccccc3F)cc2c1. The summed E-state index contributed by atoms with van der Waals surface area (Å²) in [6, 6.07) is 22.1. The Morgan fingerprint density at radius 2 is 1.67 bits per heavy atom. The van der Waals surface area contributed by atoms with E-state index in [1.165, 1.54) is 13.0 Å². The van der Waals surface area contributed by atoms with Crippen LogP contribution in [0.25, 0.3) is 33.3 Å². The van der Waals surface area contributed by atoms with Crippen LogP contribution in [0.4, 0.5) is 23.7 Å². The van der Waals surface area contributed by atoms with Crippen molar-refractivity contribution in [1.29, 1.82) is 0 Å². The number of urea groups is 1. The summed E-state index contributed by atoms with van der Waals surface area (Å²) >= 11 is 0. The molecule has 3 aromatic carbocycles. The molecule has 0 fully saturated rings. The summed E-state index contributed by atoms with van der Waals surface area (Å²) in [5.74, 6) is -3.34. The quantitative estimate of drug-likeness (QED) is 0.337. The molecule has 1 aromatic heterocycles. The van der Waals surface area contributed by atoms with E-state index in [0.717, 1.165) is 5.56 Å². The monoisotopic (exact) mass is 449 g/mol. The number of amides is 2. The predicted octanol–water partition coefficient (Wildman–Crippen LogP) is 6.87. The average Bonchev–Trinajstić information content (AvgIpc) is 2.83. The Morgan fingerprint density at radius 3 is 2.39 bits per heavy atom. The minimum Gasteiger partial charge on any atom is -0.332 e. The molecular weight excluding hydrogens is 427 g/mol. The van der Waals surface area contributed by atoms with Gasteiger partial charge in [0.2, 0.25) is 0 Å². The van der Waals surface area contributed by atoms with E-state index in [-0.39, 0.29) is 12.2 Å². The van der Waals surface area contributed by atoms with Gasteiger partial charge >= 0.3 is 6.03 Å². The molecule has 0 spiro atoms. The topological polar surface area (TPSA) is 54.0 Å². The fraction of sp³-hybridized carbons (Fsp3) is 0.154. The number of hydrogen-bond donors (Lipinski definition) is 2. The number of aromatic nitrogens is 1. The summed E-state index contributed by atoms with van der Waals surface area (Å²) < 4.78 is 41.5. The molecule has 33 heavy (non-hydrogen) atoms. The van der Waals surface area contributed by atoms with Crippen LogP contribution in [0, 0.1) is 5.82 Å². The first kappa shape index (κ1) is 22.3. The number of nitrogens with zero attached hydrogens (tertiary/aromatic N) is 1. The summed E-state index contributed by atoms with van der Waals surface area (Å²) in [6.45, 7) is 0.606. The highest BCUT2D eigenvalue weighted by Crippen LogP contribution is 2.35. The van der Waals surface area contributed by atoms with Crippen molar-refractivity contribution in [3.05, 3.63) is 84.7 Å². The highest BCUT2D eigenvalue weighted by Gasteiger charge is 2.26. The van der Waals surface area contributed by atoms with Gasteiger partial charge in [-0.2, -0.15) is 0 Å². The van der Waals surface area contributed by atoms with Crippen molar-refractivity contribution in [3.8, 4) is 22.4 Å². The second-order valence-electron chi connectivity index (χ2n) is 7.66. The molecule has 168 valence electrons. The third kappa shape index (κ3) is 5.14. The lowest BCUT2D eigenvalue weighted by atomic mass is 9.97. The van der Waals surface area contributed by atoms with Crippen LogP contribution in [0.3, 0.4) is 0 Å². The standard InChI is InChI=1S/C26H22F3N3O/c1-2-26(28,29)16-30-25(33)31-19-12-13-23-18(14-19)15-21(20-10-6-7-11-22(20)27)24(32-23)17-8-4-3-5-9-17/h3-15H,2,16H2,1H3,(H2,30,31,33). The lowest BCUT2D eigenvalue weighted by Gasteiger charge is -2.15. The van der Waals surface area contributed by atoms with Crippen LogP contribution in [-0.4, -0.2) is 23.5 Å². The Balaban J connectivity index is 1.72. The second-order valence-corrected chi connectivity index (χ2v) is 7.66. The zero-order chi connectivity index (χ0) is 23.4. The lowest BCUT2D eigenvalue weighted by molar-refractivity contribution is 0.00133. The Labute approximate surface area is 189 Å². The number of nitrogens with one attached hydrogen (secondary N) is 2. The van der Waals surface area contributed by atoms with Gasteiger partial charge in [0, 0.05) is 34.2 Å². The van der Waals surface area contributed by atoms with E-state index in [0.29, 0.717) is 33.4 Å². The molecule has 1 heterocycles. The smallest absolute Gasteiger partial charge is 0.319 e. The van der Waals surface area contributed by atoms with Crippen molar-refractivity contribution < 1.29 is 18.0 Å². The molecule has 0 aliphatic carbocycles. The summed E-state index contributed by atoms with van der Waals surface area (Å²) in [4.78, 5) is 16.8. The maximum atomic E-state index is 14.7. The molecule has 0 aliphatic heterocycles. The van der Waals surface area contributed by atoms with Crippen molar-refractivity contribution in [1.82, 2.24) is 10.3 Å². The van der Waals surface area contributed by atoms with Gasteiger partial charge in [-0.25, -0.2) is 22.9 Å². The highest BCUT2D eigenvalue weighted by atomic mass is 19.3. The maximum absolute atomic E-state index is 14.7. The summed E-state index contributed by atoms with van der Waals surface area (Å²) in [7, 11) is 0. The van der Waals surface area contributed by atoms with Crippen LogP contribution in [0.2, 0.25) is 0 Å². The molecule has 0 saturated heterocycles. The fourth-order valence-electron chi connectivity index (χ4n) is 3.47. The van der Waals surface area contributed by atoms with Crippen LogP contribution >= 0.6 is 0 Å². The number of pyridine rings is 1. The minimum atomic E-state index is -2.97. The first-order chi connectivity index (χ1) is 15.9. The maximum Gasteiger partial charge on any atom is 0.319 e. The first-order valence-electron chi connectivity index (χ1n) is 10.5. The van der Waals surface area contributed by atoms with E-state index >= 15 is 0 Å². The molecule has 4 aromatic rings. The number of fused-ring (bicyclic) bond motifs is 1. The van der Waals surface area contributed by atoms with Crippen molar-refractivity contribution in [2.45, 2.75) is 19.3 Å². The van der Waals surface area contributed by atoms with Gasteiger partial charge in [-0.3, -0.25) is 0 Å². The Bertz CT molecular complexity index is 1290. The number of carbonyl (C=O) groups excluding carboxylic acids is 1. The molecule has 7 heteroatoms. The van der Waals surface area contributed by atoms with Gasteiger partial charge in [0.05, 0.1) is 17.8 Å². The molecule has 0 radical (unpaired) electrons. The normalized spacial score (nSPS) is 11.4. The summed E-state index contributed by atoms with van der Waals surface area (Å²) in [5, 5.41) is 5.41. The summed E-state index contributed by atoms with van der Waals surface area (Å²) in [5.41, 5.74) is 3.55. The molecule has 0 unspecified atom stereocenters. The van der Waals surface area contributed by atoms with Crippen molar-refractivity contribution >= 4 is 22.6 Å². The number of anilines is 1. The summed E-state index contributed by atoms with van der Waals surface area (Å²) in [6.07, 6.45) is -0.364. The van der Waals surface area contributed by atoms with Gasteiger partial charge in [0.1, 0.15) is 5.82 Å². The van der Waals surface area contributed by atoms with Crippen LogP contribution in [0.15, 0.2) is 78.9 Å². The number of halogens is 3. The van der Waals surface area contributed by atoms with Crippen LogP contribution in [0.1, 0.15) is 13.3 Å². The Hall–Kier alpha value is -3.87. The largest absolute Gasteiger partial charge is 0.332 e. The zero-order valence-electron chi connectivity index (χ0n) is 17.9. The van der Waals surface area contributed by atoms with Crippen LogP contribution < -0.4 is 10.6 Å². The molecule has 0 bridgehead atoms. The minimum absolute atomic E-state index is 0.364. The van der Waals surface area contributed by atoms with Gasteiger partial charge in [-0.1, -0.05) is 55.5 Å². The number of rotatable bonds is 6. The van der Waals surface area contributed by atoms with Gasteiger partial charge in [-0.15, -0.1) is 0 Å². The molecule has 0 aliphatic rings. The molecular formula is C26H22F3N3O. The number of alkyl halides is 2. The molecule has 0 atom stereocenters. The van der Waals surface area contributed by atoms with Gasteiger partial charge < -0.3 is 10.6 Å². The predicted molar refractivity (Wildman–Crippen MR) is 125 cm³/mol. The number of benzene rings is 3. The van der Waals surface area contributed by atoms with Crippen LogP contribution in [0.5, 0.6) is 0 Å². The second kappa shape index (κ2) is 9.32. The van der Waals surface area contributed by atoms with E-state index in [9.17, 15) is 18.0 Å². The number of carbonyl (C=O) groups is 1. The molecule has 2 N–H and O–H groups in total. The molecule has 0 saturated carbocycles. The van der Waals surface area contributed by atoms with Crippen LogP contribution in [-0.2, 0) is 0 Å². The third-order valence-corrected chi connectivity index (χ3v) is 5.31. The van der Waals surface area contributed by atoms with E-state index < -0.39 is 18.5 Å². The fourth-order valence-corrected chi connectivity index (χ4v) is 3.47. The first-order valence-corrected chi connectivity index (χ1v) is 10.5. The number of hydrogen-bond acceptors (Lipinski definition) is 2. The lowest BCUT2D eigenvalue weighted by Crippen LogP contribution is -2.38. The third-order valence-electron chi connectivity index (χ3n) is 5.31. The Kier molecular flexibility index (Phi) is 6.31. The van der Waals surface area contributed by atoms with E-state index in [4.69, 9.17) is 4.98 Å². The Morgan fingerprint density at radius 1 is 0.939 bits per heavy atom. The van der Waals surface area contributed by atoms with Crippen molar-refractivity contribution in [2.75, 3.05) is 11.9 Å². The zero-order valence-corrected chi connectivity index (χ0v) is 17.9. The average molecular weight is 449 g/mol. The van der Waals surface area contributed by atoms with E-state index in [1.54, 1.807) is 36.4 Å².